The van der Waals surface area contributed by atoms with Gasteiger partial charge in [-0.25, -0.2) is 0 Å². The molecule has 0 saturated carbocycles. The van der Waals surface area contributed by atoms with Crippen LogP contribution >= 0.6 is 0 Å². The molecular formula is C10H11N3O2. The maximum Gasteiger partial charge on any atom is 0.306 e. The minimum absolute atomic E-state index is 0.405. The summed E-state index contributed by atoms with van der Waals surface area (Å²) in [6.45, 7) is 1.69. The van der Waals surface area contributed by atoms with Gasteiger partial charge in [-0.15, -0.1) is 10.2 Å². The molecule has 5 nitrogen and oxygen atoms in total. The molecule has 0 radical (unpaired) electrons. The average molecular weight is 205 g/mol. The molecular weight excluding hydrogens is 194 g/mol. The minimum atomic E-state index is -0.792. The van der Waals surface area contributed by atoms with Gasteiger partial charge in [-0.05, 0) is 12.1 Å². The summed E-state index contributed by atoms with van der Waals surface area (Å²) in [6, 6.07) is 5.58. The topological polar surface area (TPSA) is 67.5 Å². The first kappa shape index (κ1) is 9.64. The van der Waals surface area contributed by atoms with Gasteiger partial charge in [-0.2, -0.15) is 0 Å². The summed E-state index contributed by atoms with van der Waals surface area (Å²) in [5, 5.41) is 16.5. The van der Waals surface area contributed by atoms with E-state index in [4.69, 9.17) is 5.11 Å². The normalized spacial score (nSPS) is 12.9. The van der Waals surface area contributed by atoms with E-state index in [1.165, 1.54) is 0 Å². The van der Waals surface area contributed by atoms with Gasteiger partial charge in [-0.3, -0.25) is 9.20 Å². The van der Waals surface area contributed by atoms with E-state index < -0.39 is 11.9 Å². The highest BCUT2D eigenvalue weighted by Crippen LogP contribution is 2.10. The molecule has 78 valence electrons. The molecule has 0 aliphatic rings. The predicted octanol–water partition coefficient (Wildman–Crippen LogP) is 0.992. The largest absolute Gasteiger partial charge is 0.481 e. The Morgan fingerprint density at radius 3 is 3.13 bits per heavy atom. The Labute approximate surface area is 86.4 Å². The number of fused-ring (bicyclic) bond motifs is 1. The number of aliphatic carboxylic acids is 1. The Morgan fingerprint density at radius 2 is 2.40 bits per heavy atom. The van der Waals surface area contributed by atoms with Crippen LogP contribution in [0, 0.1) is 5.92 Å². The van der Waals surface area contributed by atoms with E-state index in [0.29, 0.717) is 6.42 Å². The molecule has 0 aliphatic carbocycles. The van der Waals surface area contributed by atoms with E-state index in [2.05, 4.69) is 10.2 Å². The van der Waals surface area contributed by atoms with Crippen LogP contribution in [0.4, 0.5) is 0 Å². The number of aromatic nitrogens is 3. The number of carbonyl (C=O) groups is 1. The Morgan fingerprint density at radius 1 is 1.60 bits per heavy atom. The first-order valence-electron chi connectivity index (χ1n) is 4.69. The van der Waals surface area contributed by atoms with Crippen molar-refractivity contribution in [3.05, 3.63) is 30.2 Å². The van der Waals surface area contributed by atoms with E-state index >= 15 is 0 Å². The van der Waals surface area contributed by atoms with E-state index in [0.717, 1.165) is 11.3 Å². The zero-order valence-electron chi connectivity index (χ0n) is 8.29. The van der Waals surface area contributed by atoms with Crippen molar-refractivity contribution >= 4 is 11.6 Å². The molecule has 0 aliphatic heterocycles. The van der Waals surface area contributed by atoms with Gasteiger partial charge < -0.3 is 5.11 Å². The van der Waals surface area contributed by atoms with Crippen molar-refractivity contribution < 1.29 is 9.90 Å². The molecule has 1 N–H and O–H groups in total. The van der Waals surface area contributed by atoms with E-state index in [1.807, 2.05) is 18.2 Å². The van der Waals surface area contributed by atoms with Crippen molar-refractivity contribution in [3.8, 4) is 0 Å². The lowest BCUT2D eigenvalue weighted by Crippen LogP contribution is -2.14. The molecule has 0 spiro atoms. The highest BCUT2D eigenvalue weighted by Gasteiger charge is 2.13. The van der Waals surface area contributed by atoms with Crippen LogP contribution in [-0.4, -0.2) is 25.7 Å². The monoisotopic (exact) mass is 205 g/mol. The Balaban J connectivity index is 2.35. The van der Waals surface area contributed by atoms with Crippen LogP contribution in [0.25, 0.3) is 5.65 Å². The Hall–Kier alpha value is -1.91. The maximum atomic E-state index is 10.7. The van der Waals surface area contributed by atoms with Gasteiger partial charge in [0.15, 0.2) is 5.65 Å². The summed E-state index contributed by atoms with van der Waals surface area (Å²) >= 11 is 0. The smallest absolute Gasteiger partial charge is 0.306 e. The third kappa shape index (κ3) is 1.81. The number of carboxylic acids is 1. The molecule has 15 heavy (non-hydrogen) atoms. The fourth-order valence-electron chi connectivity index (χ4n) is 1.47. The fourth-order valence-corrected chi connectivity index (χ4v) is 1.47. The van der Waals surface area contributed by atoms with Gasteiger partial charge >= 0.3 is 5.97 Å². The van der Waals surface area contributed by atoms with Gasteiger partial charge in [0.2, 0.25) is 0 Å². The lowest BCUT2D eigenvalue weighted by molar-refractivity contribution is -0.141. The summed E-state index contributed by atoms with van der Waals surface area (Å²) in [6.07, 6.45) is 2.07. The molecule has 2 rings (SSSR count). The molecule has 2 heterocycles. The number of pyridine rings is 1. The summed E-state index contributed by atoms with van der Waals surface area (Å²) in [5.41, 5.74) is 1.65. The summed E-state index contributed by atoms with van der Waals surface area (Å²) < 4.78 is 1.80. The number of hydrogen-bond donors (Lipinski definition) is 1. The van der Waals surface area contributed by atoms with E-state index in [9.17, 15) is 4.79 Å². The van der Waals surface area contributed by atoms with Crippen molar-refractivity contribution in [2.45, 2.75) is 13.3 Å². The molecule has 0 fully saturated rings. The second kappa shape index (κ2) is 3.68. The van der Waals surface area contributed by atoms with Crippen molar-refractivity contribution in [3.63, 3.8) is 0 Å². The number of carboxylic acid groups (broad SMARTS) is 1. The first-order chi connectivity index (χ1) is 7.18. The predicted molar refractivity (Wildman–Crippen MR) is 53.5 cm³/mol. The van der Waals surface area contributed by atoms with Crippen LogP contribution in [0.1, 0.15) is 12.6 Å². The fraction of sp³-hybridized carbons (Fsp3) is 0.300. The molecule has 0 bridgehead atoms. The third-order valence-electron chi connectivity index (χ3n) is 2.35. The van der Waals surface area contributed by atoms with E-state index in [1.54, 1.807) is 17.7 Å². The van der Waals surface area contributed by atoms with Crippen LogP contribution in [-0.2, 0) is 11.2 Å². The van der Waals surface area contributed by atoms with Crippen LogP contribution in [0.15, 0.2) is 24.5 Å². The minimum Gasteiger partial charge on any atom is -0.481 e. The molecule has 2 aromatic rings. The van der Waals surface area contributed by atoms with E-state index in [-0.39, 0.29) is 0 Å². The number of hydrogen-bond acceptors (Lipinski definition) is 3. The van der Waals surface area contributed by atoms with Crippen LogP contribution in [0.3, 0.4) is 0 Å². The summed E-state index contributed by atoms with van der Waals surface area (Å²) in [4.78, 5) is 10.7. The van der Waals surface area contributed by atoms with Gasteiger partial charge in [-0.1, -0.05) is 13.0 Å². The Kier molecular flexibility index (Phi) is 2.37. The highest BCUT2D eigenvalue weighted by atomic mass is 16.4. The van der Waals surface area contributed by atoms with Crippen molar-refractivity contribution in [2.24, 2.45) is 5.92 Å². The zero-order chi connectivity index (χ0) is 10.8. The molecule has 1 unspecified atom stereocenters. The molecule has 0 saturated heterocycles. The lowest BCUT2D eigenvalue weighted by atomic mass is 10.1. The quantitative estimate of drug-likeness (QED) is 0.811. The van der Waals surface area contributed by atoms with Crippen LogP contribution < -0.4 is 0 Å². The van der Waals surface area contributed by atoms with Crippen molar-refractivity contribution in [2.75, 3.05) is 0 Å². The number of nitrogens with zero attached hydrogens (tertiary/aromatic N) is 3. The van der Waals surface area contributed by atoms with Crippen LogP contribution in [0.2, 0.25) is 0 Å². The first-order valence-corrected chi connectivity index (χ1v) is 4.69. The highest BCUT2D eigenvalue weighted by molar-refractivity contribution is 5.69. The average Bonchev–Trinajstić information content (AvgIpc) is 2.66. The second-order valence-electron chi connectivity index (χ2n) is 3.52. The van der Waals surface area contributed by atoms with Crippen molar-refractivity contribution in [1.29, 1.82) is 0 Å². The molecule has 2 aromatic heterocycles. The summed E-state index contributed by atoms with van der Waals surface area (Å²) in [7, 11) is 0. The van der Waals surface area contributed by atoms with Gasteiger partial charge in [0, 0.05) is 12.1 Å². The zero-order valence-corrected chi connectivity index (χ0v) is 8.29. The molecule has 0 amide bonds. The standard InChI is InChI=1S/C10H11N3O2/c1-7(10(14)15)5-8-3-2-4-9-12-11-6-13(8)9/h2-4,6-7H,5H2,1H3,(H,14,15). The van der Waals surface area contributed by atoms with Crippen LogP contribution in [0.5, 0.6) is 0 Å². The molecule has 1 atom stereocenters. The SMILES string of the molecule is CC(Cc1cccc2nncn12)C(=O)O. The Bertz CT molecular complexity index is 492. The van der Waals surface area contributed by atoms with Gasteiger partial charge in [0.05, 0.1) is 5.92 Å². The van der Waals surface area contributed by atoms with Gasteiger partial charge in [0.25, 0.3) is 0 Å². The second-order valence-corrected chi connectivity index (χ2v) is 3.52. The molecule has 0 aromatic carbocycles. The van der Waals surface area contributed by atoms with Gasteiger partial charge in [0.1, 0.15) is 6.33 Å². The number of rotatable bonds is 3. The maximum absolute atomic E-state index is 10.7. The molecule has 5 heteroatoms. The summed E-state index contributed by atoms with van der Waals surface area (Å²) in [5.74, 6) is -1.20. The third-order valence-corrected chi connectivity index (χ3v) is 2.35. The van der Waals surface area contributed by atoms with Crippen molar-refractivity contribution in [1.82, 2.24) is 14.6 Å². The lowest BCUT2D eigenvalue weighted by Gasteiger charge is -2.07.